The highest BCUT2D eigenvalue weighted by atomic mass is 16.5. The molecule has 0 bridgehead atoms. The monoisotopic (exact) mass is 340 g/mol. The number of nitrogens with one attached hydrogen (secondary N) is 2. The van der Waals surface area contributed by atoms with Gasteiger partial charge in [0.2, 0.25) is 5.91 Å². The summed E-state index contributed by atoms with van der Waals surface area (Å²) in [6.07, 6.45) is 1.59. The van der Waals surface area contributed by atoms with Crippen LogP contribution in [0.1, 0.15) is 36.8 Å². The molecule has 1 atom stereocenters. The number of benzene rings is 2. The third kappa shape index (κ3) is 5.95. The standard InChI is InChI=1S/C20H24N2O3/c1-3-8-18(16-10-5-4-6-11-16)20(24)22-21-19(23)14-25-17-12-7-9-15(2)13-17/h4-7,9-13,18H,3,8,14H2,1-2H3,(H,21,23)(H,22,24). The molecule has 25 heavy (non-hydrogen) atoms. The minimum absolute atomic E-state index is 0.159. The van der Waals surface area contributed by atoms with E-state index in [4.69, 9.17) is 4.74 Å². The number of hydrazine groups is 1. The lowest BCUT2D eigenvalue weighted by Crippen LogP contribution is -2.45. The van der Waals surface area contributed by atoms with Gasteiger partial charge in [0, 0.05) is 0 Å². The van der Waals surface area contributed by atoms with Crippen molar-refractivity contribution in [3.63, 3.8) is 0 Å². The Kier molecular flexibility index (Phi) is 7.01. The van der Waals surface area contributed by atoms with E-state index in [9.17, 15) is 9.59 Å². The van der Waals surface area contributed by atoms with Crippen molar-refractivity contribution in [3.05, 3.63) is 65.7 Å². The van der Waals surface area contributed by atoms with Crippen LogP contribution in [0.15, 0.2) is 54.6 Å². The molecule has 0 spiro atoms. The Morgan fingerprint density at radius 3 is 2.48 bits per heavy atom. The average Bonchev–Trinajstić information content (AvgIpc) is 2.63. The Labute approximate surface area is 148 Å². The van der Waals surface area contributed by atoms with Gasteiger partial charge in [-0.1, -0.05) is 55.8 Å². The van der Waals surface area contributed by atoms with E-state index in [1.54, 1.807) is 6.07 Å². The average molecular weight is 340 g/mol. The SMILES string of the molecule is CCCC(C(=O)NNC(=O)COc1cccc(C)c1)c1ccccc1. The van der Waals surface area contributed by atoms with E-state index >= 15 is 0 Å². The summed E-state index contributed by atoms with van der Waals surface area (Å²) in [5, 5.41) is 0. The number of ether oxygens (including phenoxy) is 1. The van der Waals surface area contributed by atoms with Crippen molar-refractivity contribution in [2.24, 2.45) is 0 Å². The van der Waals surface area contributed by atoms with Crippen LogP contribution in [0.4, 0.5) is 0 Å². The molecule has 5 nitrogen and oxygen atoms in total. The van der Waals surface area contributed by atoms with Crippen molar-refractivity contribution in [2.45, 2.75) is 32.6 Å². The fourth-order valence-corrected chi connectivity index (χ4v) is 2.53. The van der Waals surface area contributed by atoms with Crippen LogP contribution in [0.5, 0.6) is 5.75 Å². The number of amides is 2. The highest BCUT2D eigenvalue weighted by Crippen LogP contribution is 2.21. The van der Waals surface area contributed by atoms with Crippen LogP contribution in [0.3, 0.4) is 0 Å². The first-order valence-corrected chi connectivity index (χ1v) is 8.43. The molecule has 2 aromatic rings. The normalized spacial score (nSPS) is 11.4. The summed E-state index contributed by atoms with van der Waals surface area (Å²) in [6.45, 7) is 3.82. The van der Waals surface area contributed by atoms with E-state index in [-0.39, 0.29) is 18.4 Å². The number of aryl methyl sites for hydroxylation is 1. The van der Waals surface area contributed by atoms with Gasteiger partial charge in [0.05, 0.1) is 5.92 Å². The minimum Gasteiger partial charge on any atom is -0.484 e. The van der Waals surface area contributed by atoms with Gasteiger partial charge in [-0.3, -0.25) is 20.4 Å². The third-order valence-electron chi connectivity index (χ3n) is 3.78. The molecule has 132 valence electrons. The van der Waals surface area contributed by atoms with Crippen LogP contribution < -0.4 is 15.6 Å². The molecule has 0 saturated carbocycles. The summed E-state index contributed by atoms with van der Waals surface area (Å²) in [5.74, 6) is -0.297. The van der Waals surface area contributed by atoms with Gasteiger partial charge in [-0.05, 0) is 36.6 Å². The second kappa shape index (κ2) is 9.47. The van der Waals surface area contributed by atoms with Gasteiger partial charge in [-0.25, -0.2) is 0 Å². The number of hydrogen-bond donors (Lipinski definition) is 2. The van der Waals surface area contributed by atoms with E-state index in [0.29, 0.717) is 12.2 Å². The Morgan fingerprint density at radius 2 is 1.80 bits per heavy atom. The lowest BCUT2D eigenvalue weighted by atomic mass is 9.94. The number of hydrogen-bond acceptors (Lipinski definition) is 3. The zero-order valence-corrected chi connectivity index (χ0v) is 14.6. The maximum Gasteiger partial charge on any atom is 0.276 e. The van der Waals surface area contributed by atoms with E-state index in [1.165, 1.54) is 0 Å². The topological polar surface area (TPSA) is 67.4 Å². The van der Waals surface area contributed by atoms with E-state index in [1.807, 2.05) is 62.4 Å². The molecule has 0 fully saturated rings. The van der Waals surface area contributed by atoms with Crippen LogP contribution >= 0.6 is 0 Å². The van der Waals surface area contributed by atoms with Gasteiger partial charge in [-0.2, -0.15) is 0 Å². The van der Waals surface area contributed by atoms with Crippen molar-refractivity contribution >= 4 is 11.8 Å². The van der Waals surface area contributed by atoms with Crippen LogP contribution in [-0.4, -0.2) is 18.4 Å². The van der Waals surface area contributed by atoms with Crippen molar-refractivity contribution in [3.8, 4) is 5.75 Å². The summed E-state index contributed by atoms with van der Waals surface area (Å²) in [5.41, 5.74) is 6.90. The predicted molar refractivity (Wildman–Crippen MR) is 97.1 cm³/mol. The van der Waals surface area contributed by atoms with Crippen LogP contribution in [0.2, 0.25) is 0 Å². The van der Waals surface area contributed by atoms with Crippen molar-refractivity contribution < 1.29 is 14.3 Å². The Hall–Kier alpha value is -2.82. The van der Waals surface area contributed by atoms with E-state index in [2.05, 4.69) is 10.9 Å². The molecule has 5 heteroatoms. The maximum atomic E-state index is 12.4. The summed E-state index contributed by atoms with van der Waals surface area (Å²) < 4.78 is 5.41. The van der Waals surface area contributed by atoms with Gasteiger partial charge >= 0.3 is 0 Å². The first-order valence-electron chi connectivity index (χ1n) is 8.43. The summed E-state index contributed by atoms with van der Waals surface area (Å²) in [4.78, 5) is 24.3. The van der Waals surface area contributed by atoms with Crippen LogP contribution in [0.25, 0.3) is 0 Å². The first-order chi connectivity index (χ1) is 12.1. The molecule has 0 radical (unpaired) electrons. The molecular formula is C20H24N2O3. The van der Waals surface area contributed by atoms with Gasteiger partial charge in [0.1, 0.15) is 5.75 Å². The molecule has 0 aliphatic carbocycles. The Balaban J connectivity index is 1.84. The molecule has 1 unspecified atom stereocenters. The highest BCUT2D eigenvalue weighted by Gasteiger charge is 2.19. The molecule has 0 aliphatic heterocycles. The van der Waals surface area contributed by atoms with Crippen LogP contribution in [0, 0.1) is 6.92 Å². The zero-order chi connectivity index (χ0) is 18.1. The third-order valence-corrected chi connectivity index (χ3v) is 3.78. The number of carbonyl (C=O) groups is 2. The van der Waals surface area contributed by atoms with Gasteiger partial charge < -0.3 is 4.74 Å². The molecule has 0 aromatic heterocycles. The second-order valence-electron chi connectivity index (χ2n) is 5.89. The highest BCUT2D eigenvalue weighted by molar-refractivity contribution is 5.86. The summed E-state index contributed by atoms with van der Waals surface area (Å²) in [7, 11) is 0. The molecule has 2 aromatic carbocycles. The minimum atomic E-state index is -0.404. The zero-order valence-electron chi connectivity index (χ0n) is 14.6. The largest absolute Gasteiger partial charge is 0.484 e. The predicted octanol–water partition coefficient (Wildman–Crippen LogP) is 3.11. The fraction of sp³-hybridized carbons (Fsp3) is 0.300. The number of rotatable bonds is 7. The lowest BCUT2D eigenvalue weighted by Gasteiger charge is -2.17. The Bertz CT molecular complexity index is 701. The van der Waals surface area contributed by atoms with Gasteiger partial charge in [-0.15, -0.1) is 0 Å². The molecule has 0 saturated heterocycles. The van der Waals surface area contributed by atoms with Crippen molar-refractivity contribution in [1.29, 1.82) is 0 Å². The van der Waals surface area contributed by atoms with Gasteiger partial charge in [0.25, 0.3) is 5.91 Å². The second-order valence-corrected chi connectivity index (χ2v) is 5.89. The smallest absolute Gasteiger partial charge is 0.276 e. The molecule has 0 aliphatic rings. The van der Waals surface area contributed by atoms with Crippen molar-refractivity contribution in [1.82, 2.24) is 10.9 Å². The Morgan fingerprint density at radius 1 is 1.04 bits per heavy atom. The summed E-state index contributed by atoms with van der Waals surface area (Å²) in [6, 6.07) is 17.0. The van der Waals surface area contributed by atoms with Crippen molar-refractivity contribution in [2.75, 3.05) is 6.61 Å². The molecule has 2 rings (SSSR count). The van der Waals surface area contributed by atoms with E-state index in [0.717, 1.165) is 17.5 Å². The molecular weight excluding hydrogens is 316 g/mol. The molecule has 2 amide bonds. The quantitative estimate of drug-likeness (QED) is 0.761. The first kappa shape index (κ1) is 18.5. The molecule has 0 heterocycles. The summed E-state index contributed by atoms with van der Waals surface area (Å²) >= 11 is 0. The van der Waals surface area contributed by atoms with Gasteiger partial charge in [0.15, 0.2) is 6.61 Å². The number of carbonyl (C=O) groups excluding carboxylic acids is 2. The molecule has 2 N–H and O–H groups in total. The van der Waals surface area contributed by atoms with Crippen LogP contribution in [-0.2, 0) is 9.59 Å². The maximum absolute atomic E-state index is 12.4. The fourth-order valence-electron chi connectivity index (χ4n) is 2.53. The van der Waals surface area contributed by atoms with E-state index < -0.39 is 5.91 Å². The lowest BCUT2D eigenvalue weighted by molar-refractivity contribution is -0.130.